The van der Waals surface area contributed by atoms with Gasteiger partial charge in [0.25, 0.3) is 0 Å². The Kier molecular flexibility index (Phi) is 7.31. The average molecular weight is 407 g/mol. The van der Waals surface area contributed by atoms with Crippen LogP contribution in [-0.4, -0.2) is 19.2 Å². The van der Waals surface area contributed by atoms with Gasteiger partial charge in [-0.2, -0.15) is 4.39 Å². The van der Waals surface area contributed by atoms with Gasteiger partial charge in [-0.1, -0.05) is 31.9 Å². The number of esters is 1. The van der Waals surface area contributed by atoms with E-state index in [2.05, 4.69) is 6.58 Å². The molecule has 1 aromatic rings. The maximum absolute atomic E-state index is 14.5. The summed E-state index contributed by atoms with van der Waals surface area (Å²) in [7, 11) is 1.30. The number of hydrogen-bond donors (Lipinski definition) is 0. The van der Waals surface area contributed by atoms with E-state index in [1.807, 2.05) is 6.08 Å². The van der Waals surface area contributed by atoms with Gasteiger partial charge in [0.1, 0.15) is 6.10 Å². The van der Waals surface area contributed by atoms with Crippen molar-refractivity contribution in [1.29, 1.82) is 0 Å². The summed E-state index contributed by atoms with van der Waals surface area (Å²) in [4.78, 5) is 12.7. The van der Waals surface area contributed by atoms with Crippen LogP contribution in [0.5, 0.6) is 5.75 Å². The van der Waals surface area contributed by atoms with Gasteiger partial charge in [0.15, 0.2) is 11.6 Å². The van der Waals surface area contributed by atoms with Gasteiger partial charge in [0, 0.05) is 0 Å². The van der Waals surface area contributed by atoms with Gasteiger partial charge in [-0.15, -0.1) is 6.58 Å². The SMILES string of the molecule is C=CCCC1CCC(C2CCC(C(C)c3ccc(OC)c(F)c3F)C(=O)O2)CC1. The predicted octanol–water partition coefficient (Wildman–Crippen LogP) is 6.17. The second kappa shape index (κ2) is 9.73. The fourth-order valence-corrected chi connectivity index (χ4v) is 5.02. The molecule has 1 saturated carbocycles. The Bertz CT molecular complexity index is 725. The number of ether oxygens (including phenoxy) is 2. The molecule has 3 atom stereocenters. The smallest absolute Gasteiger partial charge is 0.309 e. The van der Waals surface area contributed by atoms with Gasteiger partial charge >= 0.3 is 5.97 Å². The molecular weight excluding hydrogens is 374 g/mol. The molecule has 0 radical (unpaired) electrons. The first-order valence-corrected chi connectivity index (χ1v) is 10.8. The van der Waals surface area contributed by atoms with Gasteiger partial charge in [-0.3, -0.25) is 4.79 Å². The van der Waals surface area contributed by atoms with E-state index in [1.54, 1.807) is 6.92 Å². The Morgan fingerprint density at radius 2 is 1.90 bits per heavy atom. The summed E-state index contributed by atoms with van der Waals surface area (Å²) in [6.07, 6.45) is 10.2. The fourth-order valence-electron chi connectivity index (χ4n) is 5.02. The summed E-state index contributed by atoms with van der Waals surface area (Å²) >= 11 is 0. The van der Waals surface area contributed by atoms with E-state index in [-0.39, 0.29) is 23.4 Å². The Morgan fingerprint density at radius 3 is 2.52 bits per heavy atom. The number of methoxy groups -OCH3 is 1. The quantitative estimate of drug-likeness (QED) is 0.401. The van der Waals surface area contributed by atoms with Crippen LogP contribution in [0.25, 0.3) is 0 Å². The molecule has 1 heterocycles. The number of cyclic esters (lactones) is 1. The molecule has 1 aliphatic heterocycles. The van der Waals surface area contributed by atoms with Gasteiger partial charge < -0.3 is 9.47 Å². The van der Waals surface area contributed by atoms with Crippen molar-refractivity contribution in [2.45, 2.75) is 70.3 Å². The first-order valence-electron chi connectivity index (χ1n) is 10.8. The summed E-state index contributed by atoms with van der Waals surface area (Å²) < 4.78 is 39.2. The Hall–Kier alpha value is -1.91. The minimum absolute atomic E-state index is 0.0382. The lowest BCUT2D eigenvalue weighted by Gasteiger charge is -2.38. The third-order valence-corrected chi connectivity index (χ3v) is 6.92. The lowest BCUT2D eigenvalue weighted by atomic mass is 9.74. The highest BCUT2D eigenvalue weighted by molar-refractivity contribution is 5.74. The predicted molar refractivity (Wildman–Crippen MR) is 109 cm³/mol. The van der Waals surface area contributed by atoms with Crippen molar-refractivity contribution in [3.8, 4) is 5.75 Å². The summed E-state index contributed by atoms with van der Waals surface area (Å²) in [5.74, 6) is -2.08. The molecule has 2 aliphatic rings. The molecule has 0 bridgehead atoms. The van der Waals surface area contributed by atoms with Gasteiger partial charge in [0.2, 0.25) is 5.82 Å². The molecule has 3 nitrogen and oxygen atoms in total. The van der Waals surface area contributed by atoms with Crippen molar-refractivity contribution in [1.82, 2.24) is 0 Å². The van der Waals surface area contributed by atoms with Crippen LogP contribution in [0.3, 0.4) is 0 Å². The second-order valence-electron chi connectivity index (χ2n) is 8.58. The highest BCUT2D eigenvalue weighted by atomic mass is 19.2. The van der Waals surface area contributed by atoms with E-state index in [0.29, 0.717) is 12.3 Å². The average Bonchev–Trinajstić information content (AvgIpc) is 2.74. The van der Waals surface area contributed by atoms with E-state index < -0.39 is 23.5 Å². The fraction of sp³-hybridized carbons (Fsp3) is 0.625. The summed E-state index contributed by atoms with van der Waals surface area (Å²) in [6, 6.07) is 2.91. The third-order valence-electron chi connectivity index (χ3n) is 6.92. The Labute approximate surface area is 172 Å². The van der Waals surface area contributed by atoms with Crippen molar-refractivity contribution in [2.24, 2.45) is 17.8 Å². The summed E-state index contributed by atoms with van der Waals surface area (Å²) in [5.41, 5.74) is 0.200. The van der Waals surface area contributed by atoms with Crippen LogP contribution in [0, 0.1) is 29.4 Å². The van der Waals surface area contributed by atoms with Crippen molar-refractivity contribution in [2.75, 3.05) is 7.11 Å². The maximum Gasteiger partial charge on any atom is 0.309 e. The largest absolute Gasteiger partial charge is 0.494 e. The molecular formula is C24H32F2O3. The molecule has 0 N–H and O–H groups in total. The molecule has 29 heavy (non-hydrogen) atoms. The van der Waals surface area contributed by atoms with E-state index in [1.165, 1.54) is 38.5 Å². The number of hydrogen-bond acceptors (Lipinski definition) is 3. The number of carbonyl (C=O) groups excluding carboxylic acids is 1. The molecule has 160 valence electrons. The van der Waals surface area contributed by atoms with Gasteiger partial charge in [0.05, 0.1) is 13.0 Å². The van der Waals surface area contributed by atoms with Crippen molar-refractivity contribution in [3.63, 3.8) is 0 Å². The van der Waals surface area contributed by atoms with Crippen LogP contribution in [-0.2, 0) is 9.53 Å². The highest BCUT2D eigenvalue weighted by Crippen LogP contribution is 2.41. The Balaban J connectivity index is 1.59. The van der Waals surface area contributed by atoms with Crippen LogP contribution >= 0.6 is 0 Å². The topological polar surface area (TPSA) is 35.5 Å². The summed E-state index contributed by atoms with van der Waals surface area (Å²) in [5, 5.41) is 0. The second-order valence-corrected chi connectivity index (χ2v) is 8.58. The molecule has 1 aliphatic carbocycles. The molecule has 1 saturated heterocycles. The Morgan fingerprint density at radius 1 is 1.17 bits per heavy atom. The van der Waals surface area contributed by atoms with Crippen molar-refractivity contribution in [3.05, 3.63) is 42.0 Å². The zero-order chi connectivity index (χ0) is 21.0. The maximum atomic E-state index is 14.5. The molecule has 5 heteroatoms. The number of allylic oxidation sites excluding steroid dienone is 1. The summed E-state index contributed by atoms with van der Waals surface area (Å²) in [6.45, 7) is 5.56. The first-order chi connectivity index (χ1) is 14.0. The lowest BCUT2D eigenvalue weighted by molar-refractivity contribution is -0.166. The molecule has 3 rings (SSSR count). The minimum Gasteiger partial charge on any atom is -0.494 e. The van der Waals surface area contributed by atoms with E-state index in [4.69, 9.17) is 9.47 Å². The lowest BCUT2D eigenvalue weighted by Crippen LogP contribution is -2.39. The van der Waals surface area contributed by atoms with Crippen LogP contribution in [0.15, 0.2) is 24.8 Å². The van der Waals surface area contributed by atoms with Crippen LogP contribution in [0.4, 0.5) is 8.78 Å². The van der Waals surface area contributed by atoms with E-state index in [9.17, 15) is 13.6 Å². The number of benzene rings is 1. The third kappa shape index (κ3) is 4.81. The van der Waals surface area contributed by atoms with Crippen LogP contribution in [0.2, 0.25) is 0 Å². The first kappa shape index (κ1) is 21.8. The molecule has 0 amide bonds. The zero-order valence-electron chi connectivity index (χ0n) is 17.5. The van der Waals surface area contributed by atoms with Gasteiger partial charge in [-0.05, 0) is 67.9 Å². The number of halogens is 2. The molecule has 3 unspecified atom stereocenters. The minimum atomic E-state index is -1.01. The molecule has 1 aromatic carbocycles. The molecule has 0 spiro atoms. The standard InChI is InChI=1S/C24H32F2O3/c1-4-5-6-16-7-9-17(10-8-16)20-13-12-19(24(27)29-20)15(2)18-11-14-21(28-3)23(26)22(18)25/h4,11,14-17,19-20H,1,5-10,12-13H2,2-3H3. The van der Waals surface area contributed by atoms with Crippen molar-refractivity contribution >= 4 is 5.97 Å². The van der Waals surface area contributed by atoms with Crippen molar-refractivity contribution < 1.29 is 23.0 Å². The van der Waals surface area contributed by atoms with Gasteiger partial charge in [-0.25, -0.2) is 4.39 Å². The monoisotopic (exact) mass is 406 g/mol. The number of carbonyl (C=O) groups is 1. The normalized spacial score (nSPS) is 28.5. The number of rotatable bonds is 7. The molecule has 2 fully saturated rings. The highest BCUT2D eigenvalue weighted by Gasteiger charge is 2.39. The zero-order valence-corrected chi connectivity index (χ0v) is 17.5. The van der Waals surface area contributed by atoms with Crippen LogP contribution in [0.1, 0.15) is 69.8 Å². The van der Waals surface area contributed by atoms with Crippen LogP contribution < -0.4 is 4.74 Å². The molecule has 0 aromatic heterocycles. The van der Waals surface area contributed by atoms with E-state index >= 15 is 0 Å². The van der Waals surface area contributed by atoms with E-state index in [0.717, 1.165) is 31.6 Å².